The average molecular weight is 290 g/mol. The van der Waals surface area contributed by atoms with Crippen LogP contribution in [0.2, 0.25) is 0 Å². The zero-order chi connectivity index (χ0) is 15.5. The molecule has 1 aliphatic rings. The van der Waals surface area contributed by atoms with Crippen molar-refractivity contribution in [3.8, 4) is 0 Å². The summed E-state index contributed by atoms with van der Waals surface area (Å²) in [6, 6.07) is 9.10. The van der Waals surface area contributed by atoms with E-state index in [-0.39, 0.29) is 17.6 Å². The van der Waals surface area contributed by atoms with Crippen LogP contribution in [0.4, 0.5) is 0 Å². The van der Waals surface area contributed by atoms with E-state index in [1.165, 1.54) is 24.0 Å². The van der Waals surface area contributed by atoms with Crippen LogP contribution >= 0.6 is 0 Å². The lowest BCUT2D eigenvalue weighted by atomic mass is 9.86. The third-order valence-corrected chi connectivity index (χ3v) is 4.33. The first-order chi connectivity index (χ1) is 9.95. The SMILES string of the molecule is CCOC(C1CC1)C(Cc1ccc(C(C)(C)C)cc1)NN. The van der Waals surface area contributed by atoms with Gasteiger partial charge >= 0.3 is 0 Å². The van der Waals surface area contributed by atoms with Crippen LogP contribution in [-0.4, -0.2) is 18.8 Å². The number of benzene rings is 1. The van der Waals surface area contributed by atoms with Gasteiger partial charge in [0.15, 0.2) is 0 Å². The summed E-state index contributed by atoms with van der Waals surface area (Å²) in [6.45, 7) is 9.53. The van der Waals surface area contributed by atoms with Gasteiger partial charge in [0.2, 0.25) is 0 Å². The molecule has 2 unspecified atom stereocenters. The number of rotatable bonds is 7. The van der Waals surface area contributed by atoms with Gasteiger partial charge in [-0.25, -0.2) is 0 Å². The summed E-state index contributed by atoms with van der Waals surface area (Å²) in [5.74, 6) is 6.47. The number of ether oxygens (including phenoxy) is 1. The highest BCUT2D eigenvalue weighted by Gasteiger charge is 2.36. The minimum Gasteiger partial charge on any atom is -0.377 e. The Bertz CT molecular complexity index is 432. The Morgan fingerprint density at radius 2 is 1.86 bits per heavy atom. The first kappa shape index (κ1) is 16.5. The molecule has 1 aromatic carbocycles. The van der Waals surface area contributed by atoms with E-state index in [1.54, 1.807) is 0 Å². The predicted octanol–water partition coefficient (Wildman–Crippen LogP) is 3.17. The molecule has 0 heterocycles. The lowest BCUT2D eigenvalue weighted by Gasteiger charge is -2.27. The third kappa shape index (κ3) is 4.53. The summed E-state index contributed by atoms with van der Waals surface area (Å²) in [6.07, 6.45) is 3.70. The van der Waals surface area contributed by atoms with Crippen molar-refractivity contribution < 1.29 is 4.74 Å². The van der Waals surface area contributed by atoms with E-state index in [1.807, 2.05) is 0 Å². The van der Waals surface area contributed by atoms with Crippen molar-refractivity contribution in [2.75, 3.05) is 6.61 Å². The van der Waals surface area contributed by atoms with Crippen LogP contribution in [0.5, 0.6) is 0 Å². The molecule has 1 aliphatic carbocycles. The fourth-order valence-corrected chi connectivity index (χ4v) is 2.86. The fraction of sp³-hybridized carbons (Fsp3) is 0.667. The molecule has 1 saturated carbocycles. The minimum atomic E-state index is 0.193. The maximum Gasteiger partial charge on any atom is 0.0772 e. The molecule has 0 bridgehead atoms. The first-order valence-electron chi connectivity index (χ1n) is 8.13. The van der Waals surface area contributed by atoms with Crippen LogP contribution in [0.15, 0.2) is 24.3 Å². The van der Waals surface area contributed by atoms with E-state index in [2.05, 4.69) is 57.4 Å². The number of hydrogen-bond acceptors (Lipinski definition) is 3. The van der Waals surface area contributed by atoms with E-state index >= 15 is 0 Å². The molecule has 1 aromatic rings. The van der Waals surface area contributed by atoms with Gasteiger partial charge in [0.05, 0.1) is 12.1 Å². The van der Waals surface area contributed by atoms with Crippen molar-refractivity contribution in [1.82, 2.24) is 5.43 Å². The second-order valence-electron chi connectivity index (χ2n) is 7.18. The molecule has 0 aromatic heterocycles. The average Bonchev–Trinajstić information content (AvgIpc) is 3.26. The summed E-state index contributed by atoms with van der Waals surface area (Å²) in [7, 11) is 0. The maximum absolute atomic E-state index is 5.93. The number of hydrazine groups is 1. The van der Waals surface area contributed by atoms with E-state index < -0.39 is 0 Å². The van der Waals surface area contributed by atoms with Crippen molar-refractivity contribution in [3.63, 3.8) is 0 Å². The molecule has 1 fully saturated rings. The van der Waals surface area contributed by atoms with E-state index in [4.69, 9.17) is 10.6 Å². The molecule has 2 atom stereocenters. The van der Waals surface area contributed by atoms with Crippen LogP contribution in [-0.2, 0) is 16.6 Å². The van der Waals surface area contributed by atoms with E-state index in [0.717, 1.165) is 13.0 Å². The van der Waals surface area contributed by atoms with Crippen molar-refractivity contribution >= 4 is 0 Å². The lowest BCUT2D eigenvalue weighted by molar-refractivity contribution is 0.0192. The normalized spacial score (nSPS) is 18.5. The van der Waals surface area contributed by atoms with Gasteiger partial charge in [0, 0.05) is 6.61 Å². The van der Waals surface area contributed by atoms with Crippen molar-refractivity contribution in [3.05, 3.63) is 35.4 Å². The Labute approximate surface area is 129 Å². The molecule has 21 heavy (non-hydrogen) atoms. The van der Waals surface area contributed by atoms with Crippen molar-refractivity contribution in [1.29, 1.82) is 0 Å². The monoisotopic (exact) mass is 290 g/mol. The summed E-state index contributed by atoms with van der Waals surface area (Å²) in [4.78, 5) is 0. The van der Waals surface area contributed by atoms with Gasteiger partial charge < -0.3 is 4.74 Å². The standard InChI is InChI=1S/C18H30N2O/c1-5-21-17(14-8-9-14)16(20-19)12-13-6-10-15(11-7-13)18(2,3)4/h6-7,10-11,14,16-17,20H,5,8-9,12,19H2,1-4H3. The van der Waals surface area contributed by atoms with Crippen molar-refractivity contribution in [2.24, 2.45) is 11.8 Å². The smallest absolute Gasteiger partial charge is 0.0772 e. The molecule has 3 N–H and O–H groups in total. The maximum atomic E-state index is 5.93. The molecule has 0 aliphatic heterocycles. The lowest BCUT2D eigenvalue weighted by Crippen LogP contribution is -2.47. The summed E-state index contributed by atoms with van der Waals surface area (Å²) in [5.41, 5.74) is 5.86. The summed E-state index contributed by atoms with van der Waals surface area (Å²) < 4.78 is 5.93. The van der Waals surface area contributed by atoms with Gasteiger partial charge in [0.25, 0.3) is 0 Å². The Kier molecular flexibility index (Phi) is 5.42. The molecule has 3 heteroatoms. The third-order valence-electron chi connectivity index (χ3n) is 4.33. The van der Waals surface area contributed by atoms with Crippen LogP contribution in [0.1, 0.15) is 51.7 Å². The number of hydrogen-bond donors (Lipinski definition) is 2. The van der Waals surface area contributed by atoms with E-state index in [0.29, 0.717) is 5.92 Å². The van der Waals surface area contributed by atoms with E-state index in [9.17, 15) is 0 Å². The molecule has 3 nitrogen and oxygen atoms in total. The van der Waals surface area contributed by atoms with Crippen molar-refractivity contribution in [2.45, 2.75) is 64.5 Å². The highest BCUT2D eigenvalue weighted by molar-refractivity contribution is 5.28. The highest BCUT2D eigenvalue weighted by atomic mass is 16.5. The molecule has 0 radical (unpaired) electrons. The quantitative estimate of drug-likeness (QED) is 0.599. The molecule has 0 spiro atoms. The van der Waals surface area contributed by atoms with Crippen LogP contribution in [0.25, 0.3) is 0 Å². The fourth-order valence-electron chi connectivity index (χ4n) is 2.86. The van der Waals surface area contributed by atoms with Gasteiger partial charge in [0.1, 0.15) is 0 Å². The van der Waals surface area contributed by atoms with Gasteiger partial charge in [-0.3, -0.25) is 11.3 Å². The second kappa shape index (κ2) is 6.91. The van der Waals surface area contributed by atoms with Gasteiger partial charge in [-0.05, 0) is 48.6 Å². The zero-order valence-electron chi connectivity index (χ0n) is 13.9. The summed E-state index contributed by atoms with van der Waals surface area (Å²) >= 11 is 0. The zero-order valence-corrected chi connectivity index (χ0v) is 13.9. The Morgan fingerprint density at radius 1 is 1.24 bits per heavy atom. The minimum absolute atomic E-state index is 0.193. The molecule has 0 saturated heterocycles. The largest absolute Gasteiger partial charge is 0.377 e. The van der Waals surface area contributed by atoms with Crippen LogP contribution < -0.4 is 11.3 Å². The Hall–Kier alpha value is -0.900. The highest BCUT2D eigenvalue weighted by Crippen LogP contribution is 2.36. The predicted molar refractivity (Wildman–Crippen MR) is 88.1 cm³/mol. The first-order valence-corrected chi connectivity index (χ1v) is 8.13. The molecular weight excluding hydrogens is 260 g/mol. The second-order valence-corrected chi connectivity index (χ2v) is 7.18. The van der Waals surface area contributed by atoms with Gasteiger partial charge in [-0.2, -0.15) is 0 Å². The van der Waals surface area contributed by atoms with Gasteiger partial charge in [-0.15, -0.1) is 0 Å². The number of nitrogens with one attached hydrogen (secondary N) is 1. The number of nitrogens with two attached hydrogens (primary N) is 1. The van der Waals surface area contributed by atoms with Crippen LogP contribution in [0.3, 0.4) is 0 Å². The summed E-state index contributed by atoms with van der Waals surface area (Å²) in [5, 5.41) is 0. The van der Waals surface area contributed by atoms with Gasteiger partial charge in [-0.1, -0.05) is 45.0 Å². The molecular formula is C18H30N2O. The Morgan fingerprint density at radius 3 is 2.29 bits per heavy atom. The van der Waals surface area contributed by atoms with Crippen LogP contribution in [0, 0.1) is 5.92 Å². The molecule has 0 amide bonds. The topological polar surface area (TPSA) is 47.3 Å². The molecule has 118 valence electrons. The Balaban J connectivity index is 2.03. The molecule has 2 rings (SSSR count).